The molecule has 2 rings (SSSR count). The van der Waals surface area contributed by atoms with Crippen LogP contribution in [0.4, 0.5) is 15.8 Å². The molecule has 0 aliphatic rings. The summed E-state index contributed by atoms with van der Waals surface area (Å²) >= 11 is 3.27. The maximum atomic E-state index is 13.7. The molecule has 1 N–H and O–H groups in total. The maximum absolute atomic E-state index is 13.7. The van der Waals surface area contributed by atoms with Gasteiger partial charge in [-0.25, -0.2) is 4.39 Å². The highest BCUT2D eigenvalue weighted by Gasteiger charge is 2.21. The lowest BCUT2D eigenvalue weighted by atomic mass is 10.1. The minimum atomic E-state index is -0.860. The average Bonchev–Trinajstić information content (AvgIpc) is 2.43. The first-order chi connectivity index (χ1) is 9.91. The van der Waals surface area contributed by atoms with Crippen LogP contribution in [0.5, 0.6) is 0 Å². The van der Waals surface area contributed by atoms with Crippen LogP contribution in [0.25, 0.3) is 0 Å². The summed E-state index contributed by atoms with van der Waals surface area (Å²) < 4.78 is 14.3. The third-order valence-corrected chi connectivity index (χ3v) is 3.92. The van der Waals surface area contributed by atoms with E-state index in [2.05, 4.69) is 21.2 Å². The number of halogens is 2. The van der Waals surface area contributed by atoms with Gasteiger partial charge < -0.3 is 5.32 Å². The average molecular weight is 353 g/mol. The summed E-state index contributed by atoms with van der Waals surface area (Å²) in [7, 11) is 0. The minimum Gasteiger partial charge on any atom is -0.314 e. The number of anilines is 1. The number of hydrogen-bond donors (Lipinski definition) is 1. The van der Waals surface area contributed by atoms with Gasteiger partial charge in [-0.15, -0.1) is 0 Å². The molecule has 2 aromatic rings. The SMILES string of the molecule is Cc1cccc(C(=O)Nc2c(F)cccc2[N+](=O)[O-])c1Br. The van der Waals surface area contributed by atoms with Crippen molar-refractivity contribution < 1.29 is 14.1 Å². The molecule has 0 saturated heterocycles. The van der Waals surface area contributed by atoms with Crippen LogP contribution in [0.3, 0.4) is 0 Å². The second-order valence-corrected chi connectivity index (χ2v) is 5.07. The molecule has 0 fully saturated rings. The molecule has 2 aromatic carbocycles. The second-order valence-electron chi connectivity index (χ2n) is 4.28. The Morgan fingerprint density at radius 2 is 1.95 bits per heavy atom. The Morgan fingerprint density at radius 1 is 1.29 bits per heavy atom. The summed E-state index contributed by atoms with van der Waals surface area (Å²) in [6.45, 7) is 1.80. The third kappa shape index (κ3) is 3.08. The van der Waals surface area contributed by atoms with E-state index in [-0.39, 0.29) is 5.56 Å². The number of hydrogen-bond acceptors (Lipinski definition) is 3. The predicted octanol–water partition coefficient (Wildman–Crippen LogP) is 4.06. The Morgan fingerprint density at radius 3 is 2.62 bits per heavy atom. The first-order valence-electron chi connectivity index (χ1n) is 5.91. The van der Waals surface area contributed by atoms with Crippen LogP contribution in [0.15, 0.2) is 40.9 Å². The van der Waals surface area contributed by atoms with Crippen LogP contribution in [0.1, 0.15) is 15.9 Å². The molecule has 108 valence electrons. The Kier molecular flexibility index (Phi) is 4.32. The smallest absolute Gasteiger partial charge is 0.295 e. The van der Waals surface area contributed by atoms with Crippen LogP contribution >= 0.6 is 15.9 Å². The van der Waals surface area contributed by atoms with Gasteiger partial charge >= 0.3 is 0 Å². The lowest BCUT2D eigenvalue weighted by Gasteiger charge is -2.09. The van der Waals surface area contributed by atoms with Crippen LogP contribution in [-0.2, 0) is 0 Å². The fraction of sp³-hybridized carbons (Fsp3) is 0.0714. The summed E-state index contributed by atoms with van der Waals surface area (Å²) in [5.74, 6) is -1.49. The highest BCUT2D eigenvalue weighted by Crippen LogP contribution is 2.29. The second kappa shape index (κ2) is 6.01. The summed E-state index contributed by atoms with van der Waals surface area (Å²) in [6.07, 6.45) is 0. The normalized spacial score (nSPS) is 10.2. The molecule has 0 heterocycles. The van der Waals surface area contributed by atoms with E-state index in [9.17, 15) is 19.3 Å². The molecule has 0 radical (unpaired) electrons. The van der Waals surface area contributed by atoms with Crippen molar-refractivity contribution in [2.75, 3.05) is 5.32 Å². The van der Waals surface area contributed by atoms with Crippen molar-refractivity contribution in [2.24, 2.45) is 0 Å². The number of nitro benzene ring substituents is 1. The summed E-state index contributed by atoms with van der Waals surface area (Å²) in [6, 6.07) is 8.40. The number of nitrogens with zero attached hydrogens (tertiary/aromatic N) is 1. The molecule has 0 aliphatic heterocycles. The quantitative estimate of drug-likeness (QED) is 0.668. The van der Waals surface area contributed by atoms with Gasteiger partial charge in [-0.3, -0.25) is 14.9 Å². The summed E-state index contributed by atoms with van der Waals surface area (Å²) in [5, 5.41) is 13.2. The molecule has 21 heavy (non-hydrogen) atoms. The van der Waals surface area contributed by atoms with Crippen molar-refractivity contribution in [3.63, 3.8) is 0 Å². The van der Waals surface area contributed by atoms with Crippen molar-refractivity contribution in [3.05, 3.63) is 67.9 Å². The van der Waals surface area contributed by atoms with Gasteiger partial charge in [0.25, 0.3) is 11.6 Å². The van der Waals surface area contributed by atoms with E-state index >= 15 is 0 Å². The molecule has 0 aromatic heterocycles. The molecule has 0 unspecified atom stereocenters. The molecule has 0 bridgehead atoms. The maximum Gasteiger partial charge on any atom is 0.295 e. The van der Waals surface area contributed by atoms with Crippen molar-refractivity contribution in [1.29, 1.82) is 0 Å². The zero-order valence-electron chi connectivity index (χ0n) is 10.9. The largest absolute Gasteiger partial charge is 0.314 e. The fourth-order valence-electron chi connectivity index (χ4n) is 1.79. The summed E-state index contributed by atoms with van der Waals surface area (Å²) in [4.78, 5) is 22.3. The lowest BCUT2D eigenvalue weighted by molar-refractivity contribution is -0.384. The van der Waals surface area contributed by atoms with E-state index in [1.807, 2.05) is 0 Å². The van der Waals surface area contributed by atoms with Crippen LogP contribution in [-0.4, -0.2) is 10.8 Å². The number of aryl methyl sites for hydroxylation is 1. The van der Waals surface area contributed by atoms with Gasteiger partial charge in [-0.1, -0.05) is 18.2 Å². The fourth-order valence-corrected chi connectivity index (χ4v) is 2.24. The molecule has 0 atom stereocenters. The molecule has 0 spiro atoms. The van der Waals surface area contributed by atoms with Gasteiger partial charge in [0.15, 0.2) is 11.5 Å². The van der Waals surface area contributed by atoms with E-state index in [1.54, 1.807) is 25.1 Å². The third-order valence-electron chi connectivity index (χ3n) is 2.86. The molecular weight excluding hydrogens is 343 g/mol. The van der Waals surface area contributed by atoms with Gasteiger partial charge in [0.1, 0.15) is 0 Å². The van der Waals surface area contributed by atoms with Gasteiger partial charge in [-0.2, -0.15) is 0 Å². The molecular formula is C14H10BrFN2O3. The van der Waals surface area contributed by atoms with Crippen molar-refractivity contribution in [1.82, 2.24) is 0 Å². The summed E-state index contributed by atoms with van der Waals surface area (Å²) in [5.41, 5.74) is 0.159. The van der Waals surface area contributed by atoms with Gasteiger partial charge in [0, 0.05) is 10.5 Å². The Bertz CT molecular complexity index is 734. The van der Waals surface area contributed by atoms with E-state index in [0.717, 1.165) is 17.7 Å². The number of para-hydroxylation sites is 1. The molecule has 0 saturated carbocycles. The van der Waals surface area contributed by atoms with Gasteiger partial charge in [0.2, 0.25) is 0 Å². The van der Waals surface area contributed by atoms with Crippen LogP contribution in [0.2, 0.25) is 0 Å². The van der Waals surface area contributed by atoms with Gasteiger partial charge in [0.05, 0.1) is 10.5 Å². The highest BCUT2D eigenvalue weighted by molar-refractivity contribution is 9.10. The molecule has 0 aliphatic carbocycles. The Labute approximate surface area is 128 Å². The van der Waals surface area contributed by atoms with E-state index in [4.69, 9.17) is 0 Å². The molecule has 5 nitrogen and oxygen atoms in total. The van der Waals surface area contributed by atoms with Crippen LogP contribution < -0.4 is 5.32 Å². The van der Waals surface area contributed by atoms with Crippen LogP contribution in [0, 0.1) is 22.9 Å². The van der Waals surface area contributed by atoms with Gasteiger partial charge in [-0.05, 0) is 40.5 Å². The zero-order valence-corrected chi connectivity index (χ0v) is 12.5. The van der Waals surface area contributed by atoms with E-state index < -0.39 is 28.0 Å². The molecule has 7 heteroatoms. The molecule has 1 amide bonds. The highest BCUT2D eigenvalue weighted by atomic mass is 79.9. The Hall–Kier alpha value is -2.28. The number of nitrogens with one attached hydrogen (secondary N) is 1. The first kappa shape index (κ1) is 15.1. The van der Waals surface area contributed by atoms with Crippen molar-refractivity contribution in [2.45, 2.75) is 6.92 Å². The lowest BCUT2D eigenvalue weighted by Crippen LogP contribution is -2.15. The minimum absolute atomic E-state index is 0.271. The predicted molar refractivity (Wildman–Crippen MR) is 79.9 cm³/mol. The van der Waals surface area contributed by atoms with E-state index in [0.29, 0.717) is 4.47 Å². The van der Waals surface area contributed by atoms with Crippen molar-refractivity contribution in [3.8, 4) is 0 Å². The number of carbonyl (C=O) groups is 1. The zero-order chi connectivity index (χ0) is 15.6. The Balaban J connectivity index is 2.41. The number of nitro groups is 1. The number of amides is 1. The van der Waals surface area contributed by atoms with Crippen molar-refractivity contribution >= 4 is 33.2 Å². The standard InChI is InChI=1S/C14H10BrFN2O3/c1-8-4-2-5-9(12(8)15)14(19)17-13-10(16)6-3-7-11(13)18(20)21/h2-7H,1H3,(H,17,19). The van der Waals surface area contributed by atoms with E-state index in [1.165, 1.54) is 6.07 Å². The first-order valence-corrected chi connectivity index (χ1v) is 6.70. The monoisotopic (exact) mass is 352 g/mol. The number of carbonyl (C=O) groups excluding carboxylic acids is 1. The number of benzene rings is 2. The topological polar surface area (TPSA) is 72.2 Å². The number of rotatable bonds is 3.